The van der Waals surface area contributed by atoms with E-state index in [4.69, 9.17) is 27.5 Å². The van der Waals surface area contributed by atoms with Gasteiger partial charge in [-0.15, -0.1) is 10.8 Å². The van der Waals surface area contributed by atoms with Gasteiger partial charge in [-0.1, -0.05) is 28.9 Å². The summed E-state index contributed by atoms with van der Waals surface area (Å²) in [5.41, 5.74) is 0.709. The summed E-state index contributed by atoms with van der Waals surface area (Å²) in [6, 6.07) is 9.33. The molecule has 0 fully saturated rings. The van der Waals surface area contributed by atoms with Crippen molar-refractivity contribution in [3.63, 3.8) is 0 Å². The predicted octanol–water partition coefficient (Wildman–Crippen LogP) is 3.30. The molecule has 0 aliphatic carbocycles. The fraction of sp³-hybridized carbons (Fsp3) is 0.167. The largest absolute Gasteiger partial charge is 0.493 e. The van der Waals surface area contributed by atoms with Crippen molar-refractivity contribution in [3.8, 4) is 23.8 Å². The minimum absolute atomic E-state index is 0.0479. The number of fused-ring (bicyclic) bond motifs is 1. The Morgan fingerprint density at radius 1 is 1.19 bits per heavy atom. The standard InChI is InChI=1S/C18H15ClN2O4S2/c1-4-9-21-14-10-15(24-2)16(25-3)11-17(14)26-18(21)20-27(22,23)13-7-5-12(19)6-8-13/h1,5-8,10-11H,9H2,2-3H3. The normalized spacial score (nSPS) is 12.1. The van der Waals surface area contributed by atoms with E-state index < -0.39 is 10.0 Å². The fourth-order valence-corrected chi connectivity index (χ4v) is 4.84. The first kappa shape index (κ1) is 19.3. The lowest BCUT2D eigenvalue weighted by atomic mass is 10.3. The number of ether oxygens (including phenoxy) is 2. The molecule has 0 saturated carbocycles. The maximum absolute atomic E-state index is 12.7. The Kier molecular flexibility index (Phi) is 5.46. The molecule has 0 amide bonds. The molecule has 9 heteroatoms. The fourth-order valence-electron chi connectivity index (χ4n) is 2.47. The average molecular weight is 423 g/mol. The van der Waals surface area contributed by atoms with Crippen LogP contribution in [0.1, 0.15) is 0 Å². The van der Waals surface area contributed by atoms with Gasteiger partial charge in [0, 0.05) is 17.2 Å². The topological polar surface area (TPSA) is 69.9 Å². The molecule has 0 atom stereocenters. The minimum atomic E-state index is -3.93. The lowest BCUT2D eigenvalue weighted by Crippen LogP contribution is -2.16. The number of aromatic nitrogens is 1. The van der Waals surface area contributed by atoms with Crippen LogP contribution < -0.4 is 14.3 Å². The van der Waals surface area contributed by atoms with Crippen molar-refractivity contribution >= 4 is 43.2 Å². The second-order valence-electron chi connectivity index (χ2n) is 5.37. The second kappa shape index (κ2) is 7.64. The van der Waals surface area contributed by atoms with E-state index in [2.05, 4.69) is 10.3 Å². The van der Waals surface area contributed by atoms with Crippen molar-refractivity contribution in [2.75, 3.05) is 14.2 Å². The number of terminal acetylenes is 1. The Balaban J connectivity index is 2.26. The summed E-state index contributed by atoms with van der Waals surface area (Å²) in [7, 11) is -0.869. The van der Waals surface area contributed by atoms with Crippen LogP contribution in [0.15, 0.2) is 45.7 Å². The molecule has 6 nitrogen and oxygen atoms in total. The van der Waals surface area contributed by atoms with Gasteiger partial charge >= 0.3 is 0 Å². The van der Waals surface area contributed by atoms with Gasteiger partial charge in [0.1, 0.15) is 0 Å². The van der Waals surface area contributed by atoms with Gasteiger partial charge < -0.3 is 14.0 Å². The number of halogens is 1. The highest BCUT2D eigenvalue weighted by molar-refractivity contribution is 7.90. The molecule has 0 bridgehead atoms. The summed E-state index contributed by atoms with van der Waals surface area (Å²) in [6.45, 7) is 0.157. The van der Waals surface area contributed by atoms with Gasteiger partial charge in [0.25, 0.3) is 10.0 Å². The minimum Gasteiger partial charge on any atom is -0.493 e. The smallest absolute Gasteiger partial charge is 0.285 e. The number of rotatable bonds is 5. The van der Waals surface area contributed by atoms with Gasteiger partial charge in [0.2, 0.25) is 4.80 Å². The van der Waals surface area contributed by atoms with Crippen LogP contribution in [0.25, 0.3) is 10.2 Å². The first-order valence-electron chi connectivity index (χ1n) is 7.65. The van der Waals surface area contributed by atoms with Gasteiger partial charge in [-0.05, 0) is 24.3 Å². The summed E-state index contributed by atoms with van der Waals surface area (Å²) >= 11 is 7.02. The van der Waals surface area contributed by atoms with E-state index in [9.17, 15) is 8.42 Å². The van der Waals surface area contributed by atoms with Crippen molar-refractivity contribution in [1.82, 2.24) is 4.57 Å². The van der Waals surface area contributed by atoms with E-state index in [0.717, 1.165) is 4.70 Å². The lowest BCUT2D eigenvalue weighted by Gasteiger charge is -2.08. The number of sulfonamides is 1. The van der Waals surface area contributed by atoms with Crippen LogP contribution in [-0.2, 0) is 16.6 Å². The van der Waals surface area contributed by atoms with Crippen molar-refractivity contribution in [1.29, 1.82) is 0 Å². The van der Waals surface area contributed by atoms with Crippen LogP contribution >= 0.6 is 22.9 Å². The zero-order valence-corrected chi connectivity index (χ0v) is 16.9. The summed E-state index contributed by atoms with van der Waals surface area (Å²) in [4.78, 5) is 0.306. The van der Waals surface area contributed by atoms with Crippen LogP contribution in [0, 0.1) is 12.3 Å². The van der Waals surface area contributed by atoms with Crippen molar-refractivity contribution in [2.24, 2.45) is 4.40 Å². The Morgan fingerprint density at radius 2 is 1.81 bits per heavy atom. The van der Waals surface area contributed by atoms with Crippen LogP contribution in [-0.4, -0.2) is 27.2 Å². The number of methoxy groups -OCH3 is 2. The van der Waals surface area contributed by atoms with Gasteiger partial charge in [0.15, 0.2) is 11.5 Å². The molecule has 1 aromatic heterocycles. The van der Waals surface area contributed by atoms with E-state index in [1.54, 1.807) is 16.7 Å². The Hall–Kier alpha value is -2.47. The highest BCUT2D eigenvalue weighted by atomic mass is 35.5. The summed E-state index contributed by atoms with van der Waals surface area (Å²) in [5, 5.41) is 0.442. The third-order valence-electron chi connectivity index (χ3n) is 3.75. The number of hydrogen-bond donors (Lipinski definition) is 0. The monoisotopic (exact) mass is 422 g/mol. The van der Waals surface area contributed by atoms with Crippen molar-refractivity contribution < 1.29 is 17.9 Å². The molecule has 3 aromatic rings. The third-order valence-corrected chi connectivity index (χ3v) is 6.44. The van der Waals surface area contributed by atoms with Gasteiger partial charge in [-0.2, -0.15) is 8.42 Å². The molecule has 1 heterocycles. The highest BCUT2D eigenvalue weighted by Crippen LogP contribution is 2.33. The van der Waals surface area contributed by atoms with Crippen molar-refractivity contribution in [2.45, 2.75) is 11.4 Å². The average Bonchev–Trinajstić information content (AvgIpc) is 2.96. The predicted molar refractivity (Wildman–Crippen MR) is 106 cm³/mol. The Labute approximate surface area is 165 Å². The molecule has 0 aliphatic heterocycles. The summed E-state index contributed by atoms with van der Waals surface area (Å²) in [5.74, 6) is 3.58. The molecule has 0 N–H and O–H groups in total. The molecule has 0 saturated heterocycles. The zero-order chi connectivity index (χ0) is 19.6. The summed E-state index contributed by atoms with van der Waals surface area (Å²) in [6.07, 6.45) is 5.47. The lowest BCUT2D eigenvalue weighted by molar-refractivity contribution is 0.355. The first-order chi connectivity index (χ1) is 12.9. The number of nitrogens with zero attached hydrogens (tertiary/aromatic N) is 2. The van der Waals surface area contributed by atoms with Crippen LogP contribution in [0.5, 0.6) is 11.5 Å². The zero-order valence-electron chi connectivity index (χ0n) is 14.5. The molecular weight excluding hydrogens is 408 g/mol. The molecule has 2 aromatic carbocycles. The number of thiazole rings is 1. The molecular formula is C18H15ClN2O4S2. The Morgan fingerprint density at radius 3 is 2.41 bits per heavy atom. The third kappa shape index (κ3) is 3.81. The van der Waals surface area contributed by atoms with Crippen molar-refractivity contribution in [3.05, 3.63) is 46.2 Å². The molecule has 0 aliphatic rings. The van der Waals surface area contributed by atoms with E-state index in [1.165, 1.54) is 49.8 Å². The maximum atomic E-state index is 12.7. The second-order valence-corrected chi connectivity index (χ2v) is 8.42. The van der Waals surface area contributed by atoms with Gasteiger partial charge in [0.05, 0.1) is 35.9 Å². The van der Waals surface area contributed by atoms with Gasteiger partial charge in [-0.25, -0.2) is 0 Å². The molecule has 140 valence electrons. The summed E-state index contributed by atoms with van der Waals surface area (Å²) < 4.78 is 42.4. The van der Waals surface area contributed by atoms with E-state index >= 15 is 0 Å². The van der Waals surface area contributed by atoms with E-state index in [0.29, 0.717) is 22.0 Å². The quantitative estimate of drug-likeness (QED) is 0.591. The first-order valence-corrected chi connectivity index (χ1v) is 10.3. The molecule has 27 heavy (non-hydrogen) atoms. The highest BCUT2D eigenvalue weighted by Gasteiger charge is 2.16. The number of benzene rings is 2. The maximum Gasteiger partial charge on any atom is 0.285 e. The van der Waals surface area contributed by atoms with Crippen LogP contribution in [0.3, 0.4) is 0 Å². The Bertz CT molecular complexity index is 1200. The van der Waals surface area contributed by atoms with Crippen LogP contribution in [0.2, 0.25) is 5.02 Å². The van der Waals surface area contributed by atoms with Crippen LogP contribution in [0.4, 0.5) is 0 Å². The van der Waals surface area contributed by atoms with E-state index in [-0.39, 0.29) is 16.2 Å². The SMILES string of the molecule is C#CCn1c(=NS(=O)(=O)c2ccc(Cl)cc2)sc2cc(OC)c(OC)cc21. The molecule has 0 spiro atoms. The molecule has 0 unspecified atom stereocenters. The molecule has 3 rings (SSSR count). The van der Waals surface area contributed by atoms with Gasteiger partial charge in [-0.3, -0.25) is 0 Å². The van der Waals surface area contributed by atoms with E-state index in [1.807, 2.05) is 0 Å². The molecule has 0 radical (unpaired) electrons. The number of hydrogen-bond acceptors (Lipinski definition) is 5.